The third kappa shape index (κ3) is 4.68. The molecule has 0 N–H and O–H groups in total. The zero-order valence-corrected chi connectivity index (χ0v) is 32.9. The van der Waals surface area contributed by atoms with E-state index in [1.807, 2.05) is 22.7 Å². The van der Waals surface area contributed by atoms with Crippen LogP contribution >= 0.6 is 22.7 Å². The molecule has 0 saturated carbocycles. The van der Waals surface area contributed by atoms with Gasteiger partial charge >= 0.3 is 0 Å². The zero-order chi connectivity index (χ0) is 37.9. The lowest BCUT2D eigenvalue weighted by Gasteiger charge is -2.19. The number of thiophene rings is 2. The third-order valence-corrected chi connectivity index (χ3v) is 14.9. The Labute approximate surface area is 342 Å². The summed E-state index contributed by atoms with van der Waals surface area (Å²) in [6.07, 6.45) is 0. The smallest absolute Gasteiger partial charge is 0.0534 e. The van der Waals surface area contributed by atoms with Crippen LogP contribution in [0.3, 0.4) is 0 Å². The normalized spacial score (nSPS) is 12.1. The number of fused-ring (bicyclic) bond motifs is 13. The fourth-order valence-corrected chi connectivity index (χ4v) is 12.3. The van der Waals surface area contributed by atoms with E-state index in [1.54, 1.807) is 0 Å². The first-order valence-electron chi connectivity index (χ1n) is 19.9. The van der Waals surface area contributed by atoms with Crippen molar-refractivity contribution < 1.29 is 0 Å². The van der Waals surface area contributed by atoms with E-state index in [-0.39, 0.29) is 0 Å². The Hall–Kier alpha value is -6.84. The SMILES string of the molecule is c1ccc2c(-c3c4ccccc4c(-c4ccc5cc(-c6ccc7sc8c(ccc9c8sc8ccc%10ccccc%10c89)c7c6)ccc5c4)c4ccccc34)cccc2c1. The molecule has 0 aliphatic heterocycles. The van der Waals surface area contributed by atoms with Gasteiger partial charge in [0.05, 0.1) is 9.40 Å². The molecule has 0 fully saturated rings. The van der Waals surface area contributed by atoms with Crippen molar-refractivity contribution in [3.8, 4) is 33.4 Å². The Morgan fingerprint density at radius 3 is 1.52 bits per heavy atom. The van der Waals surface area contributed by atoms with Crippen molar-refractivity contribution >= 4 is 117 Å². The summed E-state index contributed by atoms with van der Waals surface area (Å²) in [6, 6.07) is 72.5. The summed E-state index contributed by atoms with van der Waals surface area (Å²) >= 11 is 3.86. The van der Waals surface area contributed by atoms with Crippen LogP contribution in [0.4, 0.5) is 0 Å². The first-order chi connectivity index (χ1) is 28.7. The molecular formula is C56H32S2. The minimum Gasteiger partial charge on any atom is -0.134 e. The minimum absolute atomic E-state index is 1.24. The largest absolute Gasteiger partial charge is 0.134 e. The molecule has 0 radical (unpaired) electrons. The molecule has 2 heterocycles. The molecule has 13 rings (SSSR count). The maximum absolute atomic E-state index is 2.41. The molecule has 2 heteroatoms. The predicted molar refractivity (Wildman–Crippen MR) is 256 cm³/mol. The highest BCUT2D eigenvalue weighted by Crippen LogP contribution is 2.48. The van der Waals surface area contributed by atoms with Gasteiger partial charge in [-0.2, -0.15) is 0 Å². The van der Waals surface area contributed by atoms with Gasteiger partial charge in [-0.1, -0.05) is 164 Å². The Morgan fingerprint density at radius 1 is 0.259 bits per heavy atom. The van der Waals surface area contributed by atoms with Gasteiger partial charge in [0, 0.05) is 30.9 Å². The van der Waals surface area contributed by atoms with Gasteiger partial charge in [0.25, 0.3) is 0 Å². The van der Waals surface area contributed by atoms with Crippen molar-refractivity contribution in [3.05, 3.63) is 194 Å². The monoisotopic (exact) mass is 768 g/mol. The van der Waals surface area contributed by atoms with Crippen molar-refractivity contribution in [3.63, 3.8) is 0 Å². The quantitative estimate of drug-likeness (QED) is 0.157. The molecule has 0 bridgehead atoms. The van der Waals surface area contributed by atoms with Crippen LogP contribution in [0.1, 0.15) is 0 Å². The van der Waals surface area contributed by atoms with E-state index in [0.717, 1.165) is 0 Å². The number of rotatable bonds is 3. The second kappa shape index (κ2) is 12.3. The summed E-state index contributed by atoms with van der Waals surface area (Å²) in [5, 5.41) is 18.2. The summed E-state index contributed by atoms with van der Waals surface area (Å²) in [7, 11) is 0. The van der Waals surface area contributed by atoms with E-state index in [9.17, 15) is 0 Å². The average molecular weight is 769 g/mol. The molecule has 0 amide bonds. The Bertz CT molecular complexity index is 3800. The molecule has 0 spiro atoms. The van der Waals surface area contributed by atoms with E-state index in [0.29, 0.717) is 0 Å². The molecule has 58 heavy (non-hydrogen) atoms. The summed E-state index contributed by atoms with van der Waals surface area (Å²) in [4.78, 5) is 0. The summed E-state index contributed by atoms with van der Waals surface area (Å²) in [5.74, 6) is 0. The highest BCUT2D eigenvalue weighted by Gasteiger charge is 2.19. The van der Waals surface area contributed by atoms with Crippen molar-refractivity contribution in [2.24, 2.45) is 0 Å². The standard InChI is InChI=1S/C56H32S2/c1-3-13-40-33(10-1)12-9-19-42(40)53-45-17-7-5-15-43(45)52(44-16-6-8-18-46(44)53)39-23-22-35-30-36(20-21-37(35)31-39)38-25-28-50-49(32-38)47-26-27-48-54-41-14-4-2-11-34(41)24-29-51(54)58-56(48)55(47)57-50/h1-32H. The van der Waals surface area contributed by atoms with Gasteiger partial charge in [-0.3, -0.25) is 0 Å². The molecule has 0 saturated heterocycles. The predicted octanol–water partition coefficient (Wildman–Crippen LogP) is 17.2. The van der Waals surface area contributed by atoms with Crippen LogP contribution in [0, 0.1) is 0 Å². The molecule has 2 aromatic heterocycles. The van der Waals surface area contributed by atoms with Gasteiger partial charge in [-0.25, -0.2) is 0 Å². The maximum atomic E-state index is 2.41. The molecule has 0 nitrogen and oxygen atoms in total. The van der Waals surface area contributed by atoms with Crippen LogP contribution in [-0.2, 0) is 0 Å². The van der Waals surface area contributed by atoms with Crippen LogP contribution < -0.4 is 0 Å². The number of hydrogen-bond acceptors (Lipinski definition) is 2. The van der Waals surface area contributed by atoms with Crippen molar-refractivity contribution in [2.75, 3.05) is 0 Å². The van der Waals surface area contributed by atoms with Gasteiger partial charge < -0.3 is 0 Å². The van der Waals surface area contributed by atoms with Crippen LogP contribution in [0.2, 0.25) is 0 Å². The van der Waals surface area contributed by atoms with Gasteiger partial charge in [0.15, 0.2) is 0 Å². The first-order valence-corrected chi connectivity index (χ1v) is 21.5. The molecule has 0 aliphatic rings. The molecule has 13 aromatic rings. The van der Waals surface area contributed by atoms with Crippen molar-refractivity contribution in [1.29, 1.82) is 0 Å². The molecule has 0 aliphatic carbocycles. The third-order valence-electron chi connectivity index (χ3n) is 12.4. The van der Waals surface area contributed by atoms with E-state index >= 15 is 0 Å². The maximum Gasteiger partial charge on any atom is 0.0534 e. The first kappa shape index (κ1) is 32.3. The van der Waals surface area contributed by atoms with Crippen LogP contribution in [-0.4, -0.2) is 0 Å². The fraction of sp³-hybridized carbons (Fsp3) is 0. The van der Waals surface area contributed by atoms with Gasteiger partial charge in [0.2, 0.25) is 0 Å². The molecule has 11 aromatic carbocycles. The summed E-state index contributed by atoms with van der Waals surface area (Å²) in [5.41, 5.74) is 7.60. The van der Waals surface area contributed by atoms with Gasteiger partial charge in [-0.15, -0.1) is 22.7 Å². The summed E-state index contributed by atoms with van der Waals surface area (Å²) < 4.78 is 5.49. The van der Waals surface area contributed by atoms with Gasteiger partial charge in [0.1, 0.15) is 0 Å². The Morgan fingerprint density at radius 2 is 0.759 bits per heavy atom. The summed E-state index contributed by atoms with van der Waals surface area (Å²) in [6.45, 7) is 0. The highest BCUT2D eigenvalue weighted by atomic mass is 32.1. The van der Waals surface area contributed by atoms with Crippen LogP contribution in [0.25, 0.3) is 128 Å². The average Bonchev–Trinajstić information content (AvgIpc) is 3.86. The Balaban J connectivity index is 0.936. The van der Waals surface area contributed by atoms with E-state index in [1.165, 1.54) is 128 Å². The molecule has 0 unspecified atom stereocenters. The van der Waals surface area contributed by atoms with E-state index in [2.05, 4.69) is 194 Å². The van der Waals surface area contributed by atoms with Crippen LogP contribution in [0.15, 0.2) is 194 Å². The Kier molecular flexibility index (Phi) is 6.86. The number of hydrogen-bond donors (Lipinski definition) is 0. The van der Waals surface area contributed by atoms with Crippen molar-refractivity contribution in [1.82, 2.24) is 0 Å². The highest BCUT2D eigenvalue weighted by molar-refractivity contribution is 7.33. The van der Waals surface area contributed by atoms with E-state index < -0.39 is 0 Å². The van der Waals surface area contributed by atoms with Crippen LogP contribution in [0.5, 0.6) is 0 Å². The lowest BCUT2D eigenvalue weighted by molar-refractivity contribution is 1.67. The molecule has 268 valence electrons. The lowest BCUT2D eigenvalue weighted by atomic mass is 9.84. The van der Waals surface area contributed by atoms with Crippen molar-refractivity contribution in [2.45, 2.75) is 0 Å². The zero-order valence-electron chi connectivity index (χ0n) is 31.3. The second-order valence-electron chi connectivity index (χ2n) is 15.5. The minimum atomic E-state index is 1.24. The van der Waals surface area contributed by atoms with Gasteiger partial charge in [-0.05, 0) is 118 Å². The molecule has 0 atom stereocenters. The topological polar surface area (TPSA) is 0 Å². The fourth-order valence-electron chi connectivity index (χ4n) is 9.77. The van der Waals surface area contributed by atoms with E-state index in [4.69, 9.17) is 0 Å². The molecular weight excluding hydrogens is 737 g/mol. The number of benzene rings is 11. The lowest BCUT2D eigenvalue weighted by Crippen LogP contribution is -1.91. The second-order valence-corrected chi connectivity index (χ2v) is 17.6.